The molecule has 1 aliphatic heterocycles. The number of halogens is 1. The summed E-state index contributed by atoms with van der Waals surface area (Å²) >= 11 is 0. The average molecular weight is 488 g/mol. The van der Waals surface area contributed by atoms with Gasteiger partial charge in [-0.15, -0.1) is 24.0 Å². The molecule has 0 aromatic heterocycles. The van der Waals surface area contributed by atoms with Crippen molar-refractivity contribution in [1.29, 1.82) is 0 Å². The number of aryl methyl sites for hydroxylation is 1. The number of likely N-dealkylation sites (tertiary alicyclic amines) is 1. The highest BCUT2D eigenvalue weighted by molar-refractivity contribution is 14.0. The number of methoxy groups -OCH3 is 1. The highest BCUT2D eigenvalue weighted by atomic mass is 127. The normalized spacial score (nSPS) is 17.3. The molecule has 2 N–H and O–H groups in total. The van der Waals surface area contributed by atoms with Gasteiger partial charge in [0.2, 0.25) is 0 Å². The van der Waals surface area contributed by atoms with E-state index < -0.39 is 0 Å². The van der Waals surface area contributed by atoms with Gasteiger partial charge in [-0.05, 0) is 32.3 Å². The van der Waals surface area contributed by atoms with Gasteiger partial charge >= 0.3 is 0 Å². The van der Waals surface area contributed by atoms with Crippen LogP contribution in [0.15, 0.2) is 29.3 Å². The first-order valence-electron chi connectivity index (χ1n) is 9.95. The maximum Gasteiger partial charge on any atom is 0.191 e. The Morgan fingerprint density at radius 2 is 1.93 bits per heavy atom. The van der Waals surface area contributed by atoms with Crippen LogP contribution in [0.3, 0.4) is 0 Å². The number of ether oxygens (including phenoxy) is 1. The number of nitrogens with one attached hydrogen (secondary N) is 2. The van der Waals surface area contributed by atoms with Crippen LogP contribution >= 0.6 is 24.0 Å². The lowest BCUT2D eigenvalue weighted by molar-refractivity contribution is 0.128. The standard InChI is InChI=1S/C21H36N4O.HI/c1-5-22-21(23-16-18(3)19-8-6-17(2)7-9-19)24-20-10-12-25(13-11-20)14-15-26-4;/h6-9,18,20H,5,10-16H2,1-4H3,(H2,22,23,24);1H. The average Bonchev–Trinajstić information content (AvgIpc) is 2.66. The number of nitrogens with zero attached hydrogens (tertiary/aromatic N) is 2. The van der Waals surface area contributed by atoms with Gasteiger partial charge in [-0.25, -0.2) is 0 Å². The molecular weight excluding hydrogens is 451 g/mol. The third kappa shape index (κ3) is 8.79. The van der Waals surface area contributed by atoms with Crippen LogP contribution in [-0.4, -0.2) is 63.3 Å². The van der Waals surface area contributed by atoms with Crippen LogP contribution in [0.25, 0.3) is 0 Å². The summed E-state index contributed by atoms with van der Waals surface area (Å²) in [6.45, 7) is 12.3. The minimum Gasteiger partial charge on any atom is -0.383 e. The van der Waals surface area contributed by atoms with Gasteiger partial charge in [0.15, 0.2) is 5.96 Å². The molecule has 0 saturated carbocycles. The maximum atomic E-state index is 5.18. The molecule has 5 nitrogen and oxygen atoms in total. The fourth-order valence-electron chi connectivity index (χ4n) is 3.26. The molecule has 1 aromatic rings. The lowest BCUT2D eigenvalue weighted by atomic mass is 10.0. The first kappa shape index (κ1) is 24.2. The van der Waals surface area contributed by atoms with Crippen molar-refractivity contribution < 1.29 is 4.74 Å². The van der Waals surface area contributed by atoms with Crippen molar-refractivity contribution in [2.75, 3.05) is 46.4 Å². The van der Waals surface area contributed by atoms with E-state index in [-0.39, 0.29) is 24.0 Å². The fraction of sp³-hybridized carbons (Fsp3) is 0.667. The van der Waals surface area contributed by atoms with Crippen LogP contribution in [0.1, 0.15) is 43.7 Å². The molecule has 1 unspecified atom stereocenters. The van der Waals surface area contributed by atoms with Crippen LogP contribution in [0.2, 0.25) is 0 Å². The van der Waals surface area contributed by atoms with Gasteiger partial charge in [0.25, 0.3) is 0 Å². The zero-order chi connectivity index (χ0) is 18.8. The number of rotatable bonds is 8. The Kier molecular flexibility index (Phi) is 11.9. The Morgan fingerprint density at radius 3 is 2.52 bits per heavy atom. The van der Waals surface area contributed by atoms with E-state index in [4.69, 9.17) is 9.73 Å². The van der Waals surface area contributed by atoms with Crippen LogP contribution in [0, 0.1) is 6.92 Å². The van der Waals surface area contributed by atoms with E-state index in [2.05, 4.69) is 60.6 Å². The molecule has 0 radical (unpaired) electrons. The molecule has 1 heterocycles. The van der Waals surface area contributed by atoms with Crippen LogP contribution in [0.4, 0.5) is 0 Å². The van der Waals surface area contributed by atoms with Gasteiger partial charge in [-0.3, -0.25) is 4.99 Å². The molecule has 0 amide bonds. The van der Waals surface area contributed by atoms with Gasteiger partial charge in [-0.1, -0.05) is 36.8 Å². The Morgan fingerprint density at radius 1 is 1.26 bits per heavy atom. The quantitative estimate of drug-likeness (QED) is 0.335. The first-order chi connectivity index (χ1) is 12.6. The number of benzene rings is 1. The summed E-state index contributed by atoms with van der Waals surface area (Å²) in [5.41, 5.74) is 2.65. The highest BCUT2D eigenvalue weighted by Crippen LogP contribution is 2.16. The molecule has 154 valence electrons. The van der Waals surface area contributed by atoms with Crippen molar-refractivity contribution in [2.45, 2.75) is 45.6 Å². The Balaban J connectivity index is 0.00000364. The molecule has 1 aliphatic rings. The fourth-order valence-corrected chi connectivity index (χ4v) is 3.26. The predicted octanol–water partition coefficient (Wildman–Crippen LogP) is 3.38. The molecule has 1 atom stereocenters. The minimum atomic E-state index is 0. The van der Waals surface area contributed by atoms with E-state index >= 15 is 0 Å². The van der Waals surface area contributed by atoms with E-state index in [1.165, 1.54) is 11.1 Å². The van der Waals surface area contributed by atoms with Gasteiger partial charge in [-0.2, -0.15) is 0 Å². The number of guanidine groups is 1. The Hall–Kier alpha value is -0.860. The third-order valence-electron chi connectivity index (χ3n) is 5.05. The lowest BCUT2D eigenvalue weighted by Gasteiger charge is -2.33. The van der Waals surface area contributed by atoms with Crippen LogP contribution < -0.4 is 10.6 Å². The smallest absolute Gasteiger partial charge is 0.191 e. The summed E-state index contributed by atoms with van der Waals surface area (Å²) < 4.78 is 5.18. The summed E-state index contributed by atoms with van der Waals surface area (Å²) in [5.74, 6) is 1.36. The summed E-state index contributed by atoms with van der Waals surface area (Å²) in [7, 11) is 1.77. The van der Waals surface area contributed by atoms with E-state index in [1.54, 1.807) is 7.11 Å². The number of hydrogen-bond donors (Lipinski definition) is 2. The summed E-state index contributed by atoms with van der Waals surface area (Å²) in [6.07, 6.45) is 2.31. The zero-order valence-corrected chi connectivity index (χ0v) is 19.7. The molecule has 1 aromatic carbocycles. The maximum absolute atomic E-state index is 5.18. The molecule has 2 rings (SSSR count). The van der Waals surface area contributed by atoms with E-state index in [1.807, 2.05) is 0 Å². The number of aliphatic imine (C=N–C) groups is 1. The van der Waals surface area contributed by atoms with Gasteiger partial charge in [0.1, 0.15) is 0 Å². The van der Waals surface area contributed by atoms with Gasteiger partial charge < -0.3 is 20.3 Å². The van der Waals surface area contributed by atoms with Crippen molar-refractivity contribution in [1.82, 2.24) is 15.5 Å². The summed E-state index contributed by atoms with van der Waals surface area (Å²) in [4.78, 5) is 7.31. The molecule has 6 heteroatoms. The van der Waals surface area contributed by atoms with Crippen molar-refractivity contribution in [3.63, 3.8) is 0 Å². The van der Waals surface area contributed by atoms with Crippen molar-refractivity contribution in [3.05, 3.63) is 35.4 Å². The number of hydrogen-bond acceptors (Lipinski definition) is 3. The summed E-state index contributed by atoms with van der Waals surface area (Å²) in [6, 6.07) is 9.28. The molecule has 0 aliphatic carbocycles. The topological polar surface area (TPSA) is 48.9 Å². The Bertz CT molecular complexity index is 542. The Labute approximate surface area is 182 Å². The van der Waals surface area contributed by atoms with E-state index in [0.717, 1.165) is 58.1 Å². The third-order valence-corrected chi connectivity index (χ3v) is 5.05. The zero-order valence-electron chi connectivity index (χ0n) is 17.3. The van der Waals surface area contributed by atoms with E-state index in [9.17, 15) is 0 Å². The highest BCUT2D eigenvalue weighted by Gasteiger charge is 2.19. The second-order valence-electron chi connectivity index (χ2n) is 7.28. The SMILES string of the molecule is CCNC(=NCC(C)c1ccc(C)cc1)NC1CCN(CCOC)CC1.I. The second kappa shape index (κ2) is 13.3. The molecule has 0 spiro atoms. The molecule has 0 bridgehead atoms. The number of piperidine rings is 1. The lowest BCUT2D eigenvalue weighted by Crippen LogP contribution is -2.49. The first-order valence-corrected chi connectivity index (χ1v) is 9.95. The summed E-state index contributed by atoms with van der Waals surface area (Å²) in [5, 5.41) is 7.03. The van der Waals surface area contributed by atoms with Crippen molar-refractivity contribution >= 4 is 29.9 Å². The van der Waals surface area contributed by atoms with E-state index in [0.29, 0.717) is 12.0 Å². The molecule has 27 heavy (non-hydrogen) atoms. The molecular formula is C21H37IN4O. The largest absolute Gasteiger partial charge is 0.383 e. The predicted molar refractivity (Wildman–Crippen MR) is 125 cm³/mol. The van der Waals surface area contributed by atoms with Crippen molar-refractivity contribution in [3.8, 4) is 0 Å². The van der Waals surface area contributed by atoms with Crippen molar-refractivity contribution in [2.24, 2.45) is 4.99 Å². The molecule has 1 saturated heterocycles. The van der Waals surface area contributed by atoms with Crippen LogP contribution in [0.5, 0.6) is 0 Å². The van der Waals surface area contributed by atoms with Gasteiger partial charge in [0, 0.05) is 51.8 Å². The van der Waals surface area contributed by atoms with Gasteiger partial charge in [0.05, 0.1) is 6.61 Å². The monoisotopic (exact) mass is 488 g/mol. The molecule has 1 fully saturated rings. The minimum absolute atomic E-state index is 0. The van der Waals surface area contributed by atoms with Crippen LogP contribution in [-0.2, 0) is 4.74 Å². The second-order valence-corrected chi connectivity index (χ2v) is 7.28.